The number of aromatic amines is 1. The van der Waals surface area contributed by atoms with Gasteiger partial charge in [0.2, 0.25) is 5.28 Å². The molecule has 0 amide bonds. The maximum atomic E-state index is 6.05. The molecule has 3 rings (SSSR count). The van der Waals surface area contributed by atoms with Gasteiger partial charge in [-0.05, 0) is 29.3 Å². The van der Waals surface area contributed by atoms with E-state index in [9.17, 15) is 0 Å². The van der Waals surface area contributed by atoms with Gasteiger partial charge in [-0.2, -0.15) is 4.98 Å². The number of fused-ring (bicyclic) bond motifs is 1. The quantitative estimate of drug-likeness (QED) is 0.727. The Bertz CT molecular complexity index is 725. The molecule has 0 fully saturated rings. The van der Waals surface area contributed by atoms with Gasteiger partial charge in [-0.3, -0.25) is 4.98 Å². The number of aromatic nitrogens is 4. The number of rotatable bonds is 3. The van der Waals surface area contributed by atoms with Crippen molar-refractivity contribution in [1.82, 2.24) is 19.9 Å². The van der Waals surface area contributed by atoms with Crippen molar-refractivity contribution in [2.24, 2.45) is 0 Å². The van der Waals surface area contributed by atoms with Crippen LogP contribution in [0, 0.1) is 0 Å². The van der Waals surface area contributed by atoms with E-state index in [1.54, 1.807) is 18.6 Å². The van der Waals surface area contributed by atoms with E-state index < -0.39 is 0 Å². The summed E-state index contributed by atoms with van der Waals surface area (Å²) in [7, 11) is 0. The highest BCUT2D eigenvalue weighted by Crippen LogP contribution is 2.22. The molecule has 0 spiro atoms. The Morgan fingerprint density at radius 3 is 2.95 bits per heavy atom. The molecule has 3 aromatic heterocycles. The number of H-pyrrole nitrogens is 1. The zero-order valence-corrected chi connectivity index (χ0v) is 11.2. The third-order valence-electron chi connectivity index (χ3n) is 2.69. The number of halogens is 2. The van der Waals surface area contributed by atoms with Gasteiger partial charge in [0.25, 0.3) is 0 Å². The summed E-state index contributed by atoms with van der Waals surface area (Å²) in [6.07, 6.45) is 5.10. The van der Waals surface area contributed by atoms with Crippen LogP contribution in [0.5, 0.6) is 0 Å². The summed E-state index contributed by atoms with van der Waals surface area (Å²) < 4.78 is 0. The average molecular weight is 294 g/mol. The highest BCUT2D eigenvalue weighted by molar-refractivity contribution is 6.31. The van der Waals surface area contributed by atoms with Crippen LogP contribution < -0.4 is 5.32 Å². The molecule has 0 radical (unpaired) electrons. The first kappa shape index (κ1) is 12.2. The maximum absolute atomic E-state index is 6.05. The predicted molar refractivity (Wildman–Crippen MR) is 75.5 cm³/mol. The van der Waals surface area contributed by atoms with Gasteiger partial charge in [0.1, 0.15) is 11.5 Å². The molecule has 0 aliphatic rings. The maximum Gasteiger partial charge on any atom is 0.226 e. The fourth-order valence-corrected chi connectivity index (χ4v) is 2.13. The van der Waals surface area contributed by atoms with Gasteiger partial charge < -0.3 is 10.3 Å². The third-order valence-corrected chi connectivity index (χ3v) is 3.20. The molecule has 0 aliphatic heterocycles. The van der Waals surface area contributed by atoms with Crippen molar-refractivity contribution in [2.75, 3.05) is 5.32 Å². The minimum Gasteiger partial charge on any atom is -0.365 e. The summed E-state index contributed by atoms with van der Waals surface area (Å²) in [6, 6.07) is 3.74. The lowest BCUT2D eigenvalue weighted by atomic mass is 10.2. The molecule has 0 saturated heterocycles. The van der Waals surface area contributed by atoms with E-state index in [1.807, 2.05) is 12.1 Å². The zero-order valence-electron chi connectivity index (χ0n) is 9.69. The van der Waals surface area contributed by atoms with Crippen molar-refractivity contribution >= 4 is 40.1 Å². The van der Waals surface area contributed by atoms with Crippen molar-refractivity contribution in [1.29, 1.82) is 0 Å². The van der Waals surface area contributed by atoms with Gasteiger partial charge in [-0.15, -0.1) is 0 Å². The fraction of sp³-hybridized carbons (Fsp3) is 0.0833. The Labute approximate surface area is 119 Å². The van der Waals surface area contributed by atoms with Gasteiger partial charge in [0.05, 0.1) is 10.4 Å². The standard InChI is InChI=1S/C12H9Cl2N5/c13-9-6-15-3-1-7(9)5-17-11-8-2-4-16-10(8)18-12(14)19-11/h1-4,6H,5H2,(H2,16,17,18,19). The van der Waals surface area contributed by atoms with Crippen LogP contribution in [0.15, 0.2) is 30.7 Å². The molecular weight excluding hydrogens is 285 g/mol. The lowest BCUT2D eigenvalue weighted by Gasteiger charge is -2.08. The van der Waals surface area contributed by atoms with Crippen LogP contribution in [-0.2, 0) is 6.54 Å². The molecule has 96 valence electrons. The Balaban J connectivity index is 1.90. The third kappa shape index (κ3) is 2.47. The molecule has 0 atom stereocenters. The molecule has 3 aromatic rings. The number of nitrogens with one attached hydrogen (secondary N) is 2. The molecule has 19 heavy (non-hydrogen) atoms. The monoisotopic (exact) mass is 293 g/mol. The van der Waals surface area contributed by atoms with Crippen LogP contribution in [0.25, 0.3) is 11.0 Å². The number of pyridine rings is 1. The van der Waals surface area contributed by atoms with Gasteiger partial charge in [0, 0.05) is 25.1 Å². The first-order valence-electron chi connectivity index (χ1n) is 5.57. The van der Waals surface area contributed by atoms with E-state index >= 15 is 0 Å². The van der Waals surface area contributed by atoms with Crippen molar-refractivity contribution in [3.63, 3.8) is 0 Å². The fourth-order valence-electron chi connectivity index (χ4n) is 1.78. The van der Waals surface area contributed by atoms with Gasteiger partial charge in [-0.25, -0.2) is 4.98 Å². The van der Waals surface area contributed by atoms with E-state index in [0.717, 1.165) is 10.9 Å². The van der Waals surface area contributed by atoms with Crippen molar-refractivity contribution in [3.05, 3.63) is 46.6 Å². The summed E-state index contributed by atoms with van der Waals surface area (Å²) in [5.74, 6) is 0.670. The number of anilines is 1. The molecule has 2 N–H and O–H groups in total. The van der Waals surface area contributed by atoms with Gasteiger partial charge in [-0.1, -0.05) is 11.6 Å². The minimum atomic E-state index is 0.193. The van der Waals surface area contributed by atoms with E-state index in [2.05, 4.69) is 25.3 Å². The summed E-state index contributed by atoms with van der Waals surface area (Å²) in [4.78, 5) is 15.2. The Hall–Kier alpha value is -1.85. The molecule has 0 aliphatic carbocycles. The molecule has 7 heteroatoms. The Morgan fingerprint density at radius 2 is 2.11 bits per heavy atom. The molecule has 0 saturated carbocycles. The summed E-state index contributed by atoms with van der Waals surface area (Å²) in [5.41, 5.74) is 1.64. The zero-order chi connectivity index (χ0) is 13.2. The van der Waals surface area contributed by atoms with Crippen molar-refractivity contribution in [3.8, 4) is 0 Å². The lowest BCUT2D eigenvalue weighted by molar-refractivity contribution is 1.09. The molecule has 0 unspecified atom stereocenters. The second-order valence-corrected chi connectivity index (χ2v) is 4.65. The van der Waals surface area contributed by atoms with Crippen molar-refractivity contribution < 1.29 is 0 Å². The Morgan fingerprint density at radius 1 is 1.21 bits per heavy atom. The van der Waals surface area contributed by atoms with Crippen LogP contribution in [0.3, 0.4) is 0 Å². The number of nitrogens with zero attached hydrogens (tertiary/aromatic N) is 3. The van der Waals surface area contributed by atoms with Crippen LogP contribution in [0.2, 0.25) is 10.3 Å². The predicted octanol–water partition coefficient (Wildman–Crippen LogP) is 3.27. The SMILES string of the molecule is Clc1nc(NCc2ccncc2Cl)c2cc[nH]c2n1. The lowest BCUT2D eigenvalue weighted by Crippen LogP contribution is -2.03. The Kier molecular flexibility index (Phi) is 3.23. The van der Waals surface area contributed by atoms with Crippen LogP contribution in [0.1, 0.15) is 5.56 Å². The normalized spacial score (nSPS) is 10.8. The smallest absolute Gasteiger partial charge is 0.226 e. The molecule has 3 heterocycles. The van der Waals surface area contributed by atoms with E-state index in [0.29, 0.717) is 23.0 Å². The first-order chi connectivity index (χ1) is 9.24. The van der Waals surface area contributed by atoms with Gasteiger partial charge >= 0.3 is 0 Å². The van der Waals surface area contributed by atoms with Crippen LogP contribution in [0.4, 0.5) is 5.82 Å². The summed E-state index contributed by atoms with van der Waals surface area (Å²) in [5, 5.41) is 4.89. The second kappa shape index (κ2) is 5.03. The summed E-state index contributed by atoms with van der Waals surface area (Å²) >= 11 is 11.9. The largest absolute Gasteiger partial charge is 0.365 e. The molecule has 0 aromatic carbocycles. The van der Waals surface area contributed by atoms with E-state index in [-0.39, 0.29) is 5.28 Å². The van der Waals surface area contributed by atoms with Gasteiger partial charge in [0.15, 0.2) is 0 Å². The summed E-state index contributed by atoms with van der Waals surface area (Å²) in [6.45, 7) is 0.537. The average Bonchev–Trinajstić information content (AvgIpc) is 2.85. The van der Waals surface area contributed by atoms with Crippen LogP contribution >= 0.6 is 23.2 Å². The topological polar surface area (TPSA) is 66.5 Å². The first-order valence-corrected chi connectivity index (χ1v) is 6.32. The highest BCUT2D eigenvalue weighted by atomic mass is 35.5. The second-order valence-electron chi connectivity index (χ2n) is 3.90. The minimum absolute atomic E-state index is 0.193. The van der Waals surface area contributed by atoms with E-state index in [4.69, 9.17) is 23.2 Å². The molecule has 0 bridgehead atoms. The molecule has 5 nitrogen and oxygen atoms in total. The highest BCUT2D eigenvalue weighted by Gasteiger charge is 2.08. The van der Waals surface area contributed by atoms with E-state index in [1.165, 1.54) is 0 Å². The number of hydrogen-bond donors (Lipinski definition) is 2. The number of hydrogen-bond acceptors (Lipinski definition) is 4. The van der Waals surface area contributed by atoms with Crippen LogP contribution in [-0.4, -0.2) is 19.9 Å². The molecular formula is C12H9Cl2N5. The van der Waals surface area contributed by atoms with Crippen molar-refractivity contribution in [2.45, 2.75) is 6.54 Å².